The third-order valence-corrected chi connectivity index (χ3v) is 2.45. The lowest BCUT2D eigenvalue weighted by Crippen LogP contribution is -2.30. The van der Waals surface area contributed by atoms with Gasteiger partial charge in [0, 0.05) is 7.11 Å². The van der Waals surface area contributed by atoms with Gasteiger partial charge in [0.15, 0.2) is 0 Å². The Morgan fingerprint density at radius 2 is 2.20 bits per heavy atom. The van der Waals surface area contributed by atoms with Crippen LogP contribution in [0.4, 0.5) is 5.69 Å². The first-order valence-electron chi connectivity index (χ1n) is 5.00. The van der Waals surface area contributed by atoms with Gasteiger partial charge in [0.2, 0.25) is 0 Å². The molecule has 1 N–H and O–H groups in total. The Morgan fingerprint density at radius 3 is 2.67 bits per heavy atom. The zero-order chi connectivity index (χ0) is 11.3. The number of ether oxygens (including phenoxy) is 1. The van der Waals surface area contributed by atoms with Gasteiger partial charge in [-0.2, -0.15) is 0 Å². The van der Waals surface area contributed by atoms with Gasteiger partial charge in [-0.05, 0) is 18.1 Å². The van der Waals surface area contributed by atoms with E-state index in [0.717, 1.165) is 5.69 Å². The summed E-state index contributed by atoms with van der Waals surface area (Å²) >= 11 is 5.71. The van der Waals surface area contributed by atoms with Crippen molar-refractivity contribution in [2.45, 2.75) is 19.9 Å². The van der Waals surface area contributed by atoms with Crippen LogP contribution >= 0.6 is 11.6 Å². The molecule has 1 heterocycles. The maximum absolute atomic E-state index is 5.71. The Hall–Kier alpha value is -0.800. The highest BCUT2D eigenvalue weighted by molar-refractivity contribution is 6.29. The van der Waals surface area contributed by atoms with E-state index in [9.17, 15) is 0 Å². The van der Waals surface area contributed by atoms with Crippen LogP contribution in [0.1, 0.15) is 13.8 Å². The Balaban J connectivity index is 2.61. The standard InChI is InChI=1S/C11H17ClN2O/c1-8(2)10(7-15-3)14-9-4-5-11(12)13-6-9/h4-6,8,10,14H,7H2,1-3H3. The summed E-state index contributed by atoms with van der Waals surface area (Å²) in [4.78, 5) is 4.01. The van der Waals surface area contributed by atoms with E-state index < -0.39 is 0 Å². The molecular weight excluding hydrogens is 212 g/mol. The second-order valence-electron chi connectivity index (χ2n) is 3.82. The van der Waals surface area contributed by atoms with E-state index in [0.29, 0.717) is 17.7 Å². The average Bonchev–Trinajstić information content (AvgIpc) is 2.20. The lowest BCUT2D eigenvalue weighted by atomic mass is 10.1. The van der Waals surface area contributed by atoms with Gasteiger partial charge in [0.1, 0.15) is 5.15 Å². The van der Waals surface area contributed by atoms with Gasteiger partial charge in [0.25, 0.3) is 0 Å². The van der Waals surface area contributed by atoms with E-state index in [4.69, 9.17) is 16.3 Å². The number of methoxy groups -OCH3 is 1. The second-order valence-corrected chi connectivity index (χ2v) is 4.21. The summed E-state index contributed by atoms with van der Waals surface area (Å²) in [6, 6.07) is 3.98. The molecule has 0 aliphatic heterocycles. The predicted octanol–water partition coefficient (Wildman–Crippen LogP) is 2.82. The van der Waals surface area contributed by atoms with E-state index >= 15 is 0 Å². The van der Waals surface area contributed by atoms with Crippen molar-refractivity contribution in [3.8, 4) is 0 Å². The maximum Gasteiger partial charge on any atom is 0.129 e. The van der Waals surface area contributed by atoms with Crippen LogP contribution < -0.4 is 5.32 Å². The number of nitrogens with zero attached hydrogens (tertiary/aromatic N) is 1. The van der Waals surface area contributed by atoms with Crippen molar-refractivity contribution in [1.82, 2.24) is 4.98 Å². The largest absolute Gasteiger partial charge is 0.383 e. The SMILES string of the molecule is COCC(Nc1ccc(Cl)nc1)C(C)C. The first-order valence-corrected chi connectivity index (χ1v) is 5.38. The zero-order valence-electron chi connectivity index (χ0n) is 9.33. The van der Waals surface area contributed by atoms with Gasteiger partial charge in [-0.3, -0.25) is 0 Å². The quantitative estimate of drug-likeness (QED) is 0.787. The van der Waals surface area contributed by atoms with E-state index in [1.54, 1.807) is 19.4 Å². The van der Waals surface area contributed by atoms with Crippen LogP contribution in [0, 0.1) is 5.92 Å². The summed E-state index contributed by atoms with van der Waals surface area (Å²) < 4.78 is 5.15. The molecule has 1 atom stereocenters. The topological polar surface area (TPSA) is 34.1 Å². The number of hydrogen-bond donors (Lipinski definition) is 1. The second kappa shape index (κ2) is 5.93. The fourth-order valence-corrected chi connectivity index (χ4v) is 1.37. The van der Waals surface area contributed by atoms with Crippen LogP contribution in [0.5, 0.6) is 0 Å². The highest BCUT2D eigenvalue weighted by Gasteiger charge is 2.12. The molecule has 0 saturated heterocycles. The van der Waals surface area contributed by atoms with E-state index in [-0.39, 0.29) is 6.04 Å². The Labute approximate surface area is 95.8 Å². The highest BCUT2D eigenvalue weighted by atomic mass is 35.5. The smallest absolute Gasteiger partial charge is 0.129 e. The third-order valence-electron chi connectivity index (χ3n) is 2.23. The first kappa shape index (κ1) is 12.3. The van der Waals surface area contributed by atoms with Crippen molar-refractivity contribution in [3.05, 3.63) is 23.5 Å². The lowest BCUT2D eigenvalue weighted by Gasteiger charge is -2.22. The Bertz CT molecular complexity index is 287. The summed E-state index contributed by atoms with van der Waals surface area (Å²) in [6.45, 7) is 4.99. The number of anilines is 1. The molecule has 0 aliphatic carbocycles. The lowest BCUT2D eigenvalue weighted by molar-refractivity contribution is 0.171. The molecule has 3 nitrogen and oxygen atoms in total. The van der Waals surface area contributed by atoms with Gasteiger partial charge < -0.3 is 10.1 Å². The van der Waals surface area contributed by atoms with Crippen molar-refractivity contribution in [2.75, 3.05) is 19.0 Å². The highest BCUT2D eigenvalue weighted by Crippen LogP contribution is 2.14. The normalized spacial score (nSPS) is 12.9. The van der Waals surface area contributed by atoms with Crippen LogP contribution in [0.25, 0.3) is 0 Å². The molecule has 0 saturated carbocycles. The molecule has 1 aromatic heterocycles. The molecule has 1 aromatic rings. The molecule has 0 amide bonds. The number of halogens is 1. The minimum Gasteiger partial charge on any atom is -0.383 e. The molecule has 0 aliphatic rings. The molecule has 84 valence electrons. The van der Waals surface area contributed by atoms with Crippen molar-refractivity contribution in [3.63, 3.8) is 0 Å². The Morgan fingerprint density at radius 1 is 1.47 bits per heavy atom. The zero-order valence-corrected chi connectivity index (χ0v) is 10.1. The van der Waals surface area contributed by atoms with Gasteiger partial charge in [-0.25, -0.2) is 4.98 Å². The van der Waals surface area contributed by atoms with Crippen LogP contribution in [0.2, 0.25) is 5.15 Å². The van der Waals surface area contributed by atoms with Crippen LogP contribution in [0.15, 0.2) is 18.3 Å². The summed E-state index contributed by atoms with van der Waals surface area (Å²) in [5.74, 6) is 0.501. The molecule has 15 heavy (non-hydrogen) atoms. The Kier molecular flexibility index (Phi) is 4.85. The fraction of sp³-hybridized carbons (Fsp3) is 0.545. The summed E-state index contributed by atoms with van der Waals surface area (Å²) in [5.41, 5.74) is 0.968. The molecule has 0 aromatic carbocycles. The van der Waals surface area contributed by atoms with Gasteiger partial charge in [0.05, 0.1) is 24.5 Å². The third kappa shape index (κ3) is 4.06. The number of pyridine rings is 1. The molecule has 1 rings (SSSR count). The van der Waals surface area contributed by atoms with Crippen molar-refractivity contribution >= 4 is 17.3 Å². The van der Waals surface area contributed by atoms with E-state index in [1.165, 1.54) is 0 Å². The van der Waals surface area contributed by atoms with Gasteiger partial charge in [-0.15, -0.1) is 0 Å². The van der Waals surface area contributed by atoms with Crippen molar-refractivity contribution in [1.29, 1.82) is 0 Å². The molecule has 0 fully saturated rings. The molecular formula is C11H17ClN2O. The van der Waals surface area contributed by atoms with Crippen molar-refractivity contribution in [2.24, 2.45) is 5.92 Å². The molecule has 4 heteroatoms. The first-order chi connectivity index (χ1) is 7.13. The molecule has 1 unspecified atom stereocenters. The summed E-state index contributed by atoms with van der Waals surface area (Å²) in [7, 11) is 1.71. The minimum atomic E-state index is 0.290. The number of rotatable bonds is 5. The predicted molar refractivity (Wildman–Crippen MR) is 63.4 cm³/mol. The number of aromatic nitrogens is 1. The van der Waals surface area contributed by atoms with Crippen molar-refractivity contribution < 1.29 is 4.74 Å². The minimum absolute atomic E-state index is 0.290. The van der Waals surface area contributed by atoms with Gasteiger partial charge >= 0.3 is 0 Å². The van der Waals surface area contributed by atoms with E-state index in [2.05, 4.69) is 24.1 Å². The van der Waals surface area contributed by atoms with Crippen LogP contribution in [-0.4, -0.2) is 24.7 Å². The molecule has 0 radical (unpaired) electrons. The monoisotopic (exact) mass is 228 g/mol. The number of nitrogens with one attached hydrogen (secondary N) is 1. The molecule has 0 spiro atoms. The summed E-state index contributed by atoms with van der Waals surface area (Å²) in [5, 5.41) is 3.87. The summed E-state index contributed by atoms with van der Waals surface area (Å²) in [6.07, 6.45) is 1.73. The maximum atomic E-state index is 5.71. The van der Waals surface area contributed by atoms with E-state index in [1.807, 2.05) is 6.07 Å². The number of hydrogen-bond acceptors (Lipinski definition) is 3. The van der Waals surface area contributed by atoms with Crippen LogP contribution in [-0.2, 0) is 4.74 Å². The average molecular weight is 229 g/mol. The van der Waals surface area contributed by atoms with Gasteiger partial charge in [-0.1, -0.05) is 25.4 Å². The molecule has 0 bridgehead atoms. The fourth-order valence-electron chi connectivity index (χ4n) is 1.26. The van der Waals surface area contributed by atoms with Crippen LogP contribution in [0.3, 0.4) is 0 Å².